The molecule has 1 atom stereocenters. The summed E-state index contributed by atoms with van der Waals surface area (Å²) in [5, 5.41) is 14.1. The molecule has 0 aliphatic rings. The summed E-state index contributed by atoms with van der Waals surface area (Å²) in [6.45, 7) is 6.56. The van der Waals surface area contributed by atoms with Gasteiger partial charge in [0.1, 0.15) is 0 Å². The highest BCUT2D eigenvalue weighted by molar-refractivity contribution is 6.31. The Kier molecular flexibility index (Phi) is 5.00. The van der Waals surface area contributed by atoms with Crippen LogP contribution >= 0.6 is 11.6 Å². The first-order chi connectivity index (χ1) is 8.04. The van der Waals surface area contributed by atoms with Crippen LogP contribution < -0.4 is 0 Å². The smallest absolute Gasteiger partial charge is 0.306 e. The number of nitrogens with zero attached hydrogens (tertiary/aromatic N) is 2. The maximum atomic E-state index is 11.0. The summed E-state index contributed by atoms with van der Waals surface area (Å²) in [6.07, 6.45) is 1.82. The molecule has 1 aromatic heterocycles. The van der Waals surface area contributed by atoms with E-state index < -0.39 is 5.97 Å². The molecule has 0 amide bonds. The molecule has 5 heteroatoms. The average Bonchev–Trinajstić information content (AvgIpc) is 2.62. The molecule has 0 bridgehead atoms. The highest BCUT2D eigenvalue weighted by Crippen LogP contribution is 2.25. The Bertz CT molecular complexity index is 401. The molecular weight excluding hydrogens is 240 g/mol. The van der Waals surface area contributed by atoms with Crippen LogP contribution in [0.25, 0.3) is 0 Å². The van der Waals surface area contributed by atoms with Gasteiger partial charge in [-0.2, -0.15) is 5.10 Å². The van der Waals surface area contributed by atoms with Gasteiger partial charge < -0.3 is 5.11 Å². The minimum absolute atomic E-state index is 0.390. The van der Waals surface area contributed by atoms with Crippen LogP contribution in [0.1, 0.15) is 38.6 Å². The van der Waals surface area contributed by atoms with Gasteiger partial charge in [0.2, 0.25) is 0 Å². The first-order valence-corrected chi connectivity index (χ1v) is 6.39. The van der Waals surface area contributed by atoms with E-state index >= 15 is 0 Å². The highest BCUT2D eigenvalue weighted by atomic mass is 35.5. The van der Waals surface area contributed by atoms with Crippen LogP contribution in [-0.2, 0) is 24.2 Å². The van der Waals surface area contributed by atoms with Gasteiger partial charge in [0.25, 0.3) is 0 Å². The van der Waals surface area contributed by atoms with Crippen LogP contribution in [0.15, 0.2) is 0 Å². The summed E-state index contributed by atoms with van der Waals surface area (Å²) in [7, 11) is 0. The number of halogens is 1. The molecule has 0 fully saturated rings. The van der Waals surface area contributed by atoms with Gasteiger partial charge in [0, 0.05) is 13.0 Å². The third-order valence-electron chi connectivity index (χ3n) is 2.98. The summed E-state index contributed by atoms with van der Waals surface area (Å²) in [4.78, 5) is 11.0. The fourth-order valence-electron chi connectivity index (χ4n) is 1.85. The van der Waals surface area contributed by atoms with E-state index in [-0.39, 0.29) is 5.92 Å². The lowest BCUT2D eigenvalue weighted by atomic mass is 10.0. The second-order valence-corrected chi connectivity index (χ2v) is 4.40. The summed E-state index contributed by atoms with van der Waals surface area (Å²) >= 11 is 6.24. The van der Waals surface area contributed by atoms with Crippen molar-refractivity contribution in [2.75, 3.05) is 0 Å². The molecule has 1 N–H and O–H groups in total. The minimum atomic E-state index is -0.773. The SMILES string of the molecule is CCc1nn(CC)c(CC(CC)C(=O)O)c1Cl. The van der Waals surface area contributed by atoms with Crippen molar-refractivity contribution in [1.29, 1.82) is 0 Å². The number of carboxylic acids is 1. The fraction of sp³-hybridized carbons (Fsp3) is 0.667. The number of aliphatic carboxylic acids is 1. The van der Waals surface area contributed by atoms with Crippen molar-refractivity contribution in [3.05, 3.63) is 16.4 Å². The highest BCUT2D eigenvalue weighted by Gasteiger charge is 2.22. The Hall–Kier alpha value is -1.03. The van der Waals surface area contributed by atoms with Crippen LogP contribution in [0.4, 0.5) is 0 Å². The second-order valence-electron chi connectivity index (χ2n) is 4.02. The summed E-state index contributed by atoms with van der Waals surface area (Å²) in [5.74, 6) is -1.16. The molecule has 1 rings (SSSR count). The zero-order valence-electron chi connectivity index (χ0n) is 10.5. The van der Waals surface area contributed by atoms with Crippen LogP contribution in [0.2, 0.25) is 5.02 Å². The molecule has 0 spiro atoms. The van der Waals surface area contributed by atoms with Crippen molar-refractivity contribution in [3.63, 3.8) is 0 Å². The van der Waals surface area contributed by atoms with Crippen LogP contribution in [-0.4, -0.2) is 20.9 Å². The van der Waals surface area contributed by atoms with Crippen molar-refractivity contribution in [1.82, 2.24) is 9.78 Å². The zero-order chi connectivity index (χ0) is 13.0. The van der Waals surface area contributed by atoms with E-state index in [1.54, 1.807) is 0 Å². The molecule has 0 radical (unpaired) electrons. The third-order valence-corrected chi connectivity index (χ3v) is 3.41. The number of aromatic nitrogens is 2. The predicted molar refractivity (Wildman–Crippen MR) is 67.4 cm³/mol. The molecular formula is C12H19ClN2O2. The lowest BCUT2D eigenvalue weighted by Gasteiger charge is -2.11. The molecule has 0 saturated heterocycles. The van der Waals surface area contributed by atoms with E-state index in [2.05, 4.69) is 5.10 Å². The van der Waals surface area contributed by atoms with Gasteiger partial charge >= 0.3 is 5.97 Å². The Morgan fingerprint density at radius 1 is 1.47 bits per heavy atom. The largest absolute Gasteiger partial charge is 0.481 e. The maximum absolute atomic E-state index is 11.0. The summed E-state index contributed by atoms with van der Waals surface area (Å²) < 4.78 is 1.81. The van der Waals surface area contributed by atoms with E-state index in [4.69, 9.17) is 16.7 Å². The Balaban J connectivity index is 3.03. The fourth-order valence-corrected chi connectivity index (χ4v) is 2.20. The number of hydrogen-bond acceptors (Lipinski definition) is 2. The van der Waals surface area contributed by atoms with Gasteiger partial charge in [-0.05, 0) is 19.8 Å². The van der Waals surface area contributed by atoms with E-state index in [0.29, 0.717) is 24.4 Å². The van der Waals surface area contributed by atoms with Gasteiger partial charge in [-0.3, -0.25) is 9.48 Å². The van der Waals surface area contributed by atoms with E-state index in [9.17, 15) is 4.79 Å². The number of aryl methyl sites for hydroxylation is 2. The minimum Gasteiger partial charge on any atom is -0.481 e. The molecule has 0 aromatic carbocycles. The molecule has 1 heterocycles. The number of carbonyl (C=O) groups is 1. The molecule has 96 valence electrons. The first-order valence-electron chi connectivity index (χ1n) is 6.01. The summed E-state index contributed by atoms with van der Waals surface area (Å²) in [5.41, 5.74) is 1.70. The molecule has 0 aliphatic carbocycles. The lowest BCUT2D eigenvalue weighted by molar-refractivity contribution is -0.141. The van der Waals surface area contributed by atoms with Crippen LogP contribution in [0.5, 0.6) is 0 Å². The number of hydrogen-bond donors (Lipinski definition) is 1. The molecule has 1 aromatic rings. The van der Waals surface area contributed by atoms with Gasteiger partial charge in [-0.1, -0.05) is 25.4 Å². The van der Waals surface area contributed by atoms with Gasteiger partial charge in [-0.15, -0.1) is 0 Å². The number of rotatable bonds is 6. The Morgan fingerprint density at radius 3 is 2.53 bits per heavy atom. The van der Waals surface area contributed by atoms with Gasteiger partial charge in [-0.25, -0.2) is 0 Å². The average molecular weight is 259 g/mol. The van der Waals surface area contributed by atoms with Crippen molar-refractivity contribution < 1.29 is 9.90 Å². The third kappa shape index (κ3) is 3.00. The second kappa shape index (κ2) is 6.05. The van der Waals surface area contributed by atoms with Gasteiger partial charge in [0.15, 0.2) is 0 Å². The van der Waals surface area contributed by atoms with Crippen molar-refractivity contribution in [2.45, 2.75) is 46.6 Å². The predicted octanol–water partition coefficient (Wildman–Crippen LogP) is 2.77. The molecule has 1 unspecified atom stereocenters. The topological polar surface area (TPSA) is 55.1 Å². The quantitative estimate of drug-likeness (QED) is 0.854. The van der Waals surface area contributed by atoms with Crippen molar-refractivity contribution >= 4 is 17.6 Å². The van der Waals surface area contributed by atoms with E-state index in [1.807, 2.05) is 25.5 Å². The normalized spacial score (nSPS) is 12.7. The number of carboxylic acid groups (broad SMARTS) is 1. The first kappa shape index (κ1) is 14.0. The summed E-state index contributed by atoms with van der Waals surface area (Å²) in [6, 6.07) is 0. The molecule has 0 aliphatic heterocycles. The van der Waals surface area contributed by atoms with Crippen molar-refractivity contribution in [3.8, 4) is 0 Å². The van der Waals surface area contributed by atoms with E-state index in [0.717, 1.165) is 17.8 Å². The standard InChI is InChI=1S/C12H19ClN2O2/c1-4-8(12(16)17)7-10-11(13)9(5-2)14-15(10)6-3/h8H,4-7H2,1-3H3,(H,16,17). The zero-order valence-corrected chi connectivity index (χ0v) is 11.3. The maximum Gasteiger partial charge on any atom is 0.306 e. The lowest BCUT2D eigenvalue weighted by Crippen LogP contribution is -2.17. The Morgan fingerprint density at radius 2 is 2.12 bits per heavy atom. The molecule has 0 saturated carbocycles. The van der Waals surface area contributed by atoms with Crippen LogP contribution in [0.3, 0.4) is 0 Å². The Labute approximate surface area is 107 Å². The molecule has 17 heavy (non-hydrogen) atoms. The van der Waals surface area contributed by atoms with Gasteiger partial charge in [0.05, 0.1) is 22.3 Å². The van der Waals surface area contributed by atoms with Crippen LogP contribution in [0, 0.1) is 5.92 Å². The molecule has 4 nitrogen and oxygen atoms in total. The monoisotopic (exact) mass is 258 g/mol. The van der Waals surface area contributed by atoms with E-state index in [1.165, 1.54) is 0 Å². The van der Waals surface area contributed by atoms with Crippen molar-refractivity contribution in [2.24, 2.45) is 5.92 Å².